The molecule has 9 atom stereocenters. The molecule has 188 valence electrons. The lowest BCUT2D eigenvalue weighted by atomic mass is 9.40. The van der Waals surface area contributed by atoms with Crippen molar-refractivity contribution in [3.8, 4) is 0 Å². The first-order valence-electron chi connectivity index (χ1n) is 12.8. The molecule has 4 fully saturated rings. The molecule has 2 aliphatic heterocycles. The Hall–Kier alpha value is -2.41. The number of carbonyl (C=O) groups excluding carboxylic acids is 3. The average molecular weight is 483 g/mol. The summed E-state index contributed by atoms with van der Waals surface area (Å²) in [6, 6.07) is 2.00. The zero-order valence-electron chi connectivity index (χ0n) is 21.1. The predicted molar refractivity (Wildman–Crippen MR) is 124 cm³/mol. The van der Waals surface area contributed by atoms with E-state index in [0.717, 1.165) is 12.0 Å². The Morgan fingerprint density at radius 2 is 1.97 bits per heavy atom. The van der Waals surface area contributed by atoms with Crippen molar-refractivity contribution in [1.82, 2.24) is 0 Å². The number of fused-ring (bicyclic) bond motifs is 4. The van der Waals surface area contributed by atoms with Gasteiger partial charge in [0.05, 0.1) is 31.2 Å². The Labute approximate surface area is 205 Å². The summed E-state index contributed by atoms with van der Waals surface area (Å²) >= 11 is 0. The minimum Gasteiger partial charge on any atom is -0.472 e. The summed E-state index contributed by atoms with van der Waals surface area (Å²) in [6.07, 6.45) is 4.91. The van der Waals surface area contributed by atoms with E-state index in [2.05, 4.69) is 13.8 Å². The minimum absolute atomic E-state index is 0.116. The third-order valence-electron chi connectivity index (χ3n) is 10.6. The summed E-state index contributed by atoms with van der Waals surface area (Å²) in [5.74, 6) is -0.608. The summed E-state index contributed by atoms with van der Waals surface area (Å²) < 4.78 is 23.3. The van der Waals surface area contributed by atoms with Crippen molar-refractivity contribution < 1.29 is 33.0 Å². The zero-order valence-corrected chi connectivity index (χ0v) is 21.1. The summed E-state index contributed by atoms with van der Waals surface area (Å²) in [6.45, 7) is 8.33. The second-order valence-corrected chi connectivity index (χ2v) is 11.9. The van der Waals surface area contributed by atoms with Crippen LogP contribution in [0.2, 0.25) is 0 Å². The molecular formula is C28H34O7. The molecule has 0 spiro atoms. The van der Waals surface area contributed by atoms with Crippen LogP contribution in [-0.2, 0) is 28.6 Å². The maximum atomic E-state index is 13.8. The molecule has 1 aromatic heterocycles. The maximum Gasteiger partial charge on any atom is 0.312 e. The fourth-order valence-corrected chi connectivity index (χ4v) is 9.11. The smallest absolute Gasteiger partial charge is 0.312 e. The van der Waals surface area contributed by atoms with Gasteiger partial charge in [0.2, 0.25) is 0 Å². The number of ketones is 1. The fraction of sp³-hybridized carbons (Fsp3) is 0.679. The molecule has 0 aromatic carbocycles. The van der Waals surface area contributed by atoms with E-state index in [1.165, 1.54) is 18.3 Å². The number of Topliss-reactive ketones (excluding diaryl/α,β-unsaturated/α-hetero) is 1. The standard InChI is InChI=1S/C28H34O7/c1-14-16(15-9-11-33-13-15)12-17-21(14)28(4)18(6-7-20(30)32-5)27(3)19(29)8-10-26(2)23(27)22(24(28)34-17)35-25(26)31/h9,11,13,16-18,22-24H,6-8,10,12H2,1-5H3/t16-,17+,18-,22-,23?,24-,26-,27+,28-/m1/s1. The van der Waals surface area contributed by atoms with Crippen LogP contribution in [0.15, 0.2) is 34.2 Å². The van der Waals surface area contributed by atoms with Crippen molar-refractivity contribution in [3.63, 3.8) is 0 Å². The Kier molecular flexibility index (Phi) is 4.81. The summed E-state index contributed by atoms with van der Waals surface area (Å²) in [5.41, 5.74) is 1.50. The van der Waals surface area contributed by atoms with Gasteiger partial charge in [0, 0.05) is 35.5 Å². The molecule has 7 heteroatoms. The van der Waals surface area contributed by atoms with Gasteiger partial charge in [-0.15, -0.1) is 0 Å². The van der Waals surface area contributed by atoms with Gasteiger partial charge in [-0.1, -0.05) is 19.4 Å². The lowest BCUT2D eigenvalue weighted by molar-refractivity contribution is -0.195. The Morgan fingerprint density at radius 3 is 2.66 bits per heavy atom. The first-order chi connectivity index (χ1) is 16.6. The van der Waals surface area contributed by atoms with Crippen LogP contribution in [0.5, 0.6) is 0 Å². The normalized spacial score (nSPS) is 45.7. The van der Waals surface area contributed by atoms with E-state index in [1.54, 1.807) is 12.5 Å². The molecule has 35 heavy (non-hydrogen) atoms. The molecule has 7 nitrogen and oxygen atoms in total. The molecule has 3 heterocycles. The molecule has 0 radical (unpaired) electrons. The van der Waals surface area contributed by atoms with Gasteiger partial charge in [-0.3, -0.25) is 14.4 Å². The minimum atomic E-state index is -0.803. The number of carbonyl (C=O) groups is 3. The third kappa shape index (κ3) is 2.68. The van der Waals surface area contributed by atoms with Crippen molar-refractivity contribution in [2.45, 2.75) is 84.0 Å². The highest BCUT2D eigenvalue weighted by Gasteiger charge is 2.78. The van der Waals surface area contributed by atoms with E-state index in [-0.39, 0.29) is 54.1 Å². The highest BCUT2D eigenvalue weighted by atomic mass is 16.6. The van der Waals surface area contributed by atoms with Crippen molar-refractivity contribution in [3.05, 3.63) is 35.3 Å². The molecule has 5 aliphatic rings. The lowest BCUT2D eigenvalue weighted by Crippen LogP contribution is -2.66. The fourth-order valence-electron chi connectivity index (χ4n) is 9.11. The number of furan rings is 1. The van der Waals surface area contributed by atoms with E-state index in [1.807, 2.05) is 19.9 Å². The highest BCUT2D eigenvalue weighted by Crippen LogP contribution is 2.73. The molecule has 0 amide bonds. The van der Waals surface area contributed by atoms with Crippen LogP contribution >= 0.6 is 0 Å². The van der Waals surface area contributed by atoms with Crippen LogP contribution in [0.1, 0.15) is 71.3 Å². The Bertz CT molecular complexity index is 1130. The molecular weight excluding hydrogens is 448 g/mol. The first kappa shape index (κ1) is 23.0. The van der Waals surface area contributed by atoms with Gasteiger partial charge in [0.1, 0.15) is 18.0 Å². The quantitative estimate of drug-likeness (QED) is 0.465. The van der Waals surface area contributed by atoms with E-state index in [4.69, 9.17) is 18.6 Å². The second-order valence-electron chi connectivity index (χ2n) is 11.9. The van der Waals surface area contributed by atoms with Crippen LogP contribution < -0.4 is 0 Å². The molecule has 1 unspecified atom stereocenters. The number of ether oxygens (including phenoxy) is 3. The number of hydrogen-bond donors (Lipinski definition) is 0. The topological polar surface area (TPSA) is 92.0 Å². The van der Waals surface area contributed by atoms with Crippen LogP contribution in [-0.4, -0.2) is 43.1 Å². The molecule has 2 saturated heterocycles. The van der Waals surface area contributed by atoms with Crippen molar-refractivity contribution in [2.24, 2.45) is 28.1 Å². The number of esters is 2. The number of allylic oxidation sites excluding steroid dienone is 1. The lowest BCUT2D eigenvalue weighted by Gasteiger charge is -2.60. The molecule has 1 aromatic rings. The first-order valence-corrected chi connectivity index (χ1v) is 12.8. The van der Waals surface area contributed by atoms with Crippen molar-refractivity contribution in [1.29, 1.82) is 0 Å². The largest absolute Gasteiger partial charge is 0.472 e. The predicted octanol–water partition coefficient (Wildman–Crippen LogP) is 4.36. The van der Waals surface area contributed by atoms with Gasteiger partial charge >= 0.3 is 11.9 Å². The second kappa shape index (κ2) is 7.31. The van der Waals surface area contributed by atoms with Gasteiger partial charge in [-0.05, 0) is 56.2 Å². The zero-order chi connectivity index (χ0) is 24.9. The monoisotopic (exact) mass is 482 g/mol. The van der Waals surface area contributed by atoms with Crippen LogP contribution in [0.25, 0.3) is 0 Å². The number of rotatable bonds is 4. The van der Waals surface area contributed by atoms with Gasteiger partial charge in [0.15, 0.2) is 0 Å². The van der Waals surface area contributed by atoms with Gasteiger partial charge in [0.25, 0.3) is 0 Å². The number of methoxy groups -OCH3 is 1. The van der Waals surface area contributed by atoms with E-state index >= 15 is 0 Å². The number of hydrogen-bond acceptors (Lipinski definition) is 7. The van der Waals surface area contributed by atoms with Crippen molar-refractivity contribution >= 4 is 17.7 Å². The van der Waals surface area contributed by atoms with Gasteiger partial charge in [-0.2, -0.15) is 0 Å². The van der Waals surface area contributed by atoms with Crippen molar-refractivity contribution in [2.75, 3.05) is 7.11 Å². The van der Waals surface area contributed by atoms with Gasteiger partial charge < -0.3 is 18.6 Å². The van der Waals surface area contributed by atoms with E-state index in [9.17, 15) is 14.4 Å². The summed E-state index contributed by atoms with van der Waals surface area (Å²) in [5, 5.41) is 0. The highest BCUT2D eigenvalue weighted by molar-refractivity contribution is 5.92. The van der Waals surface area contributed by atoms with E-state index < -0.39 is 22.3 Å². The van der Waals surface area contributed by atoms with Crippen LogP contribution in [0.4, 0.5) is 0 Å². The summed E-state index contributed by atoms with van der Waals surface area (Å²) in [4.78, 5) is 39.4. The molecule has 0 N–H and O–H groups in total. The molecule has 2 saturated carbocycles. The van der Waals surface area contributed by atoms with Crippen LogP contribution in [0.3, 0.4) is 0 Å². The Balaban J connectivity index is 1.53. The van der Waals surface area contributed by atoms with Gasteiger partial charge in [-0.25, -0.2) is 0 Å². The SMILES string of the molecule is COC(=O)CC[C@H]1[C@]2(C)C3=C(C)[C@H](c4ccoc4)C[C@@H]3O[C@@H]2[C@@H]2OC(=O)[C@]3(C)CCC(=O)[C@@]1(C)C23. The van der Waals surface area contributed by atoms with Crippen LogP contribution in [0, 0.1) is 28.1 Å². The molecule has 3 aliphatic carbocycles. The molecule has 6 rings (SSSR count). The average Bonchev–Trinajstić information content (AvgIpc) is 3.57. The van der Waals surface area contributed by atoms with E-state index in [0.29, 0.717) is 19.3 Å². The third-order valence-corrected chi connectivity index (χ3v) is 10.6. The Morgan fingerprint density at radius 1 is 1.20 bits per heavy atom. The summed E-state index contributed by atoms with van der Waals surface area (Å²) in [7, 11) is 1.39. The molecule has 0 bridgehead atoms. The maximum absolute atomic E-state index is 13.8.